The van der Waals surface area contributed by atoms with Crippen LogP contribution >= 0.6 is 0 Å². The van der Waals surface area contributed by atoms with Gasteiger partial charge >= 0.3 is 5.76 Å². The van der Waals surface area contributed by atoms with Crippen molar-refractivity contribution in [2.45, 2.75) is 25.5 Å². The summed E-state index contributed by atoms with van der Waals surface area (Å²) in [5.74, 6) is -0.545. The van der Waals surface area contributed by atoms with Gasteiger partial charge in [0.15, 0.2) is 5.58 Å². The van der Waals surface area contributed by atoms with E-state index in [1.807, 2.05) is 0 Å². The van der Waals surface area contributed by atoms with Crippen LogP contribution in [0.4, 0.5) is 5.69 Å². The van der Waals surface area contributed by atoms with Gasteiger partial charge in [0.1, 0.15) is 0 Å². The highest BCUT2D eigenvalue weighted by Gasteiger charge is 2.16. The lowest BCUT2D eigenvalue weighted by molar-refractivity contribution is -0.384. The molecule has 2 heterocycles. The third kappa shape index (κ3) is 3.02. The molecular formula is C14H16N2O6. The molecule has 8 heteroatoms. The Morgan fingerprint density at radius 1 is 1.45 bits per heavy atom. The Balaban J connectivity index is 1.66. The monoisotopic (exact) mass is 308 g/mol. The fourth-order valence-corrected chi connectivity index (χ4v) is 2.53. The van der Waals surface area contributed by atoms with Gasteiger partial charge in [0.25, 0.3) is 5.69 Å². The van der Waals surface area contributed by atoms with Crippen LogP contribution in [0.15, 0.2) is 27.4 Å². The van der Waals surface area contributed by atoms with Crippen LogP contribution in [0, 0.1) is 10.1 Å². The van der Waals surface area contributed by atoms with E-state index < -0.39 is 10.7 Å². The molecule has 1 atom stereocenters. The van der Waals surface area contributed by atoms with Crippen molar-refractivity contribution in [3.8, 4) is 0 Å². The van der Waals surface area contributed by atoms with Gasteiger partial charge in [-0.15, -0.1) is 0 Å². The Hall–Kier alpha value is -2.19. The largest absolute Gasteiger partial charge is 0.420 e. The number of non-ortho nitro benzene ring substituents is 1. The minimum absolute atomic E-state index is 0.108. The summed E-state index contributed by atoms with van der Waals surface area (Å²) >= 11 is 0. The molecule has 2 aromatic rings. The standard InChI is InChI=1S/C14H16N2O6/c17-14-15(5-7-20-9-11-2-1-6-21-11)12-4-3-10(16(18)19)8-13(12)22-14/h3-4,8,11H,1-2,5-7,9H2. The average Bonchev–Trinajstić information content (AvgIpc) is 3.10. The van der Waals surface area contributed by atoms with Crippen LogP contribution in [-0.2, 0) is 16.0 Å². The highest BCUT2D eigenvalue weighted by atomic mass is 16.6. The normalized spacial score (nSPS) is 18.1. The molecule has 118 valence electrons. The smallest absolute Gasteiger partial charge is 0.407 e. The Labute approximate surface area is 125 Å². The molecule has 0 radical (unpaired) electrons. The van der Waals surface area contributed by atoms with E-state index in [0.717, 1.165) is 19.4 Å². The lowest BCUT2D eigenvalue weighted by atomic mass is 10.2. The molecule has 22 heavy (non-hydrogen) atoms. The van der Waals surface area contributed by atoms with Crippen LogP contribution in [-0.4, -0.2) is 35.4 Å². The van der Waals surface area contributed by atoms with Gasteiger partial charge in [-0.3, -0.25) is 14.7 Å². The number of aromatic nitrogens is 1. The summed E-state index contributed by atoms with van der Waals surface area (Å²) in [5.41, 5.74) is 0.623. The molecule has 1 aliphatic heterocycles. The molecule has 3 rings (SSSR count). The first-order chi connectivity index (χ1) is 10.6. The lowest BCUT2D eigenvalue weighted by Gasteiger charge is -2.10. The summed E-state index contributed by atoms with van der Waals surface area (Å²) in [6.07, 6.45) is 2.19. The molecule has 1 saturated heterocycles. The van der Waals surface area contributed by atoms with Gasteiger partial charge in [-0.25, -0.2) is 4.79 Å². The Morgan fingerprint density at radius 2 is 2.32 bits per heavy atom. The second kappa shape index (κ2) is 6.29. The summed E-state index contributed by atoms with van der Waals surface area (Å²) < 4.78 is 17.4. The number of nitrogens with zero attached hydrogens (tertiary/aromatic N) is 2. The number of oxazole rings is 1. The maximum absolute atomic E-state index is 11.8. The second-order valence-corrected chi connectivity index (χ2v) is 5.14. The van der Waals surface area contributed by atoms with Crippen molar-refractivity contribution in [2.75, 3.05) is 19.8 Å². The molecular weight excluding hydrogens is 292 g/mol. The molecule has 1 aliphatic rings. The van der Waals surface area contributed by atoms with E-state index in [-0.39, 0.29) is 17.4 Å². The Kier molecular flexibility index (Phi) is 4.21. The average molecular weight is 308 g/mol. The Morgan fingerprint density at radius 3 is 3.05 bits per heavy atom. The summed E-state index contributed by atoms with van der Waals surface area (Å²) in [6, 6.07) is 4.11. The third-order valence-corrected chi connectivity index (χ3v) is 3.65. The zero-order chi connectivity index (χ0) is 15.5. The lowest BCUT2D eigenvalue weighted by Crippen LogP contribution is -2.20. The number of fused-ring (bicyclic) bond motifs is 1. The number of nitro groups is 1. The van der Waals surface area contributed by atoms with Crippen molar-refractivity contribution in [3.05, 3.63) is 38.9 Å². The summed E-state index contributed by atoms with van der Waals surface area (Å²) in [5, 5.41) is 10.7. The van der Waals surface area contributed by atoms with Crippen LogP contribution in [0.3, 0.4) is 0 Å². The van der Waals surface area contributed by atoms with Gasteiger partial charge in [0.2, 0.25) is 0 Å². The number of rotatable bonds is 6. The van der Waals surface area contributed by atoms with Crippen molar-refractivity contribution in [1.29, 1.82) is 0 Å². The van der Waals surface area contributed by atoms with Crippen LogP contribution < -0.4 is 5.76 Å². The first kappa shape index (κ1) is 14.7. The van der Waals surface area contributed by atoms with E-state index in [0.29, 0.717) is 25.3 Å². The topological polar surface area (TPSA) is 96.7 Å². The van der Waals surface area contributed by atoms with Crippen LogP contribution in [0.5, 0.6) is 0 Å². The van der Waals surface area contributed by atoms with E-state index in [4.69, 9.17) is 13.9 Å². The van der Waals surface area contributed by atoms with Crippen LogP contribution in [0.2, 0.25) is 0 Å². The number of nitro benzene ring substituents is 1. The maximum Gasteiger partial charge on any atom is 0.420 e. The minimum Gasteiger partial charge on any atom is -0.407 e. The molecule has 0 saturated carbocycles. The molecule has 1 fully saturated rings. The molecule has 8 nitrogen and oxygen atoms in total. The molecule has 1 aromatic carbocycles. The van der Waals surface area contributed by atoms with Gasteiger partial charge in [-0.05, 0) is 18.9 Å². The highest BCUT2D eigenvalue weighted by molar-refractivity contribution is 5.75. The molecule has 0 amide bonds. The zero-order valence-electron chi connectivity index (χ0n) is 11.9. The molecule has 0 bridgehead atoms. The molecule has 1 aromatic heterocycles. The fourth-order valence-electron chi connectivity index (χ4n) is 2.53. The van der Waals surface area contributed by atoms with E-state index in [1.54, 1.807) is 0 Å². The van der Waals surface area contributed by atoms with Gasteiger partial charge in [-0.2, -0.15) is 0 Å². The molecule has 0 aliphatic carbocycles. The molecule has 1 unspecified atom stereocenters. The van der Waals surface area contributed by atoms with Gasteiger partial charge in [0.05, 0.1) is 42.4 Å². The number of hydrogen-bond acceptors (Lipinski definition) is 6. The molecule has 0 N–H and O–H groups in total. The third-order valence-electron chi connectivity index (χ3n) is 3.65. The predicted molar refractivity (Wildman–Crippen MR) is 76.9 cm³/mol. The fraction of sp³-hybridized carbons (Fsp3) is 0.500. The quantitative estimate of drug-likeness (QED) is 0.458. The van der Waals surface area contributed by atoms with Crippen molar-refractivity contribution in [2.24, 2.45) is 0 Å². The summed E-state index contributed by atoms with van der Waals surface area (Å²) in [4.78, 5) is 22.0. The Bertz CT molecular complexity index is 728. The SMILES string of the molecule is O=c1oc2cc([N+](=O)[O-])ccc2n1CCOCC1CCCO1. The van der Waals surface area contributed by atoms with E-state index in [2.05, 4.69) is 0 Å². The highest BCUT2D eigenvalue weighted by Crippen LogP contribution is 2.20. The van der Waals surface area contributed by atoms with Crippen molar-refractivity contribution >= 4 is 16.8 Å². The van der Waals surface area contributed by atoms with Gasteiger partial charge in [-0.1, -0.05) is 0 Å². The van der Waals surface area contributed by atoms with Crippen molar-refractivity contribution < 1.29 is 18.8 Å². The first-order valence-electron chi connectivity index (χ1n) is 7.12. The van der Waals surface area contributed by atoms with Gasteiger partial charge < -0.3 is 13.9 Å². The predicted octanol–water partition coefficient (Wildman–Crippen LogP) is 1.70. The first-order valence-corrected chi connectivity index (χ1v) is 7.12. The maximum atomic E-state index is 11.8. The van der Waals surface area contributed by atoms with E-state index in [1.165, 1.54) is 22.8 Å². The number of hydrogen-bond donors (Lipinski definition) is 0. The summed E-state index contributed by atoms with van der Waals surface area (Å²) in [6.45, 7) is 1.97. The van der Waals surface area contributed by atoms with E-state index in [9.17, 15) is 14.9 Å². The second-order valence-electron chi connectivity index (χ2n) is 5.14. The van der Waals surface area contributed by atoms with Crippen LogP contribution in [0.1, 0.15) is 12.8 Å². The van der Waals surface area contributed by atoms with Crippen molar-refractivity contribution in [3.63, 3.8) is 0 Å². The van der Waals surface area contributed by atoms with Crippen LogP contribution in [0.25, 0.3) is 11.1 Å². The summed E-state index contributed by atoms with van der Waals surface area (Å²) in [7, 11) is 0. The molecule has 0 spiro atoms. The van der Waals surface area contributed by atoms with Gasteiger partial charge in [0, 0.05) is 12.7 Å². The minimum atomic E-state index is -0.545. The number of benzene rings is 1. The van der Waals surface area contributed by atoms with E-state index >= 15 is 0 Å². The number of ether oxygens (including phenoxy) is 2. The van der Waals surface area contributed by atoms with Crippen molar-refractivity contribution in [1.82, 2.24) is 4.57 Å². The zero-order valence-corrected chi connectivity index (χ0v) is 11.9.